The summed E-state index contributed by atoms with van der Waals surface area (Å²) in [6, 6.07) is 0. The van der Waals surface area contributed by atoms with Gasteiger partial charge in [-0.3, -0.25) is 4.79 Å². The molecular weight excluding hydrogens is 264 g/mol. The predicted molar refractivity (Wildman–Crippen MR) is 88.5 cm³/mol. The minimum absolute atomic E-state index is 0.192. The maximum absolute atomic E-state index is 12.7. The first-order valence-electron chi connectivity index (χ1n) is 8.29. The number of hydrogen-bond acceptors (Lipinski definition) is 4. The SMILES string of the molecule is CN(C)CCCN(CCCN(C)C)C(=O)C1CCCNC1. The van der Waals surface area contributed by atoms with Crippen LogP contribution in [-0.2, 0) is 4.79 Å². The molecule has 0 radical (unpaired) electrons. The highest BCUT2D eigenvalue weighted by atomic mass is 16.2. The van der Waals surface area contributed by atoms with E-state index in [0.29, 0.717) is 5.91 Å². The second-order valence-electron chi connectivity index (χ2n) is 6.68. The van der Waals surface area contributed by atoms with Crippen LogP contribution in [0.3, 0.4) is 0 Å². The van der Waals surface area contributed by atoms with Gasteiger partial charge in [-0.25, -0.2) is 0 Å². The number of rotatable bonds is 9. The van der Waals surface area contributed by atoms with Crippen molar-refractivity contribution in [3.8, 4) is 0 Å². The Bertz CT molecular complexity index is 274. The highest BCUT2D eigenvalue weighted by molar-refractivity contribution is 5.79. The zero-order valence-corrected chi connectivity index (χ0v) is 14.4. The van der Waals surface area contributed by atoms with Crippen LogP contribution in [0.4, 0.5) is 0 Å². The van der Waals surface area contributed by atoms with E-state index in [-0.39, 0.29) is 5.92 Å². The molecule has 1 heterocycles. The predicted octanol–water partition coefficient (Wildman–Crippen LogP) is 0.718. The lowest BCUT2D eigenvalue weighted by Gasteiger charge is -2.30. The van der Waals surface area contributed by atoms with Crippen molar-refractivity contribution in [2.24, 2.45) is 5.92 Å². The second kappa shape index (κ2) is 10.1. The molecule has 1 aliphatic rings. The third kappa shape index (κ3) is 7.79. The average molecular weight is 298 g/mol. The smallest absolute Gasteiger partial charge is 0.226 e. The van der Waals surface area contributed by atoms with Crippen LogP contribution >= 0.6 is 0 Å². The highest BCUT2D eigenvalue weighted by Gasteiger charge is 2.25. The normalized spacial score (nSPS) is 19.2. The molecule has 0 aromatic rings. The van der Waals surface area contributed by atoms with E-state index in [4.69, 9.17) is 0 Å². The lowest BCUT2D eigenvalue weighted by molar-refractivity contribution is -0.136. The fourth-order valence-electron chi connectivity index (χ4n) is 2.81. The highest BCUT2D eigenvalue weighted by Crippen LogP contribution is 2.14. The minimum atomic E-state index is 0.192. The van der Waals surface area contributed by atoms with Crippen LogP contribution in [-0.4, -0.2) is 88.1 Å². The number of nitrogens with zero attached hydrogens (tertiary/aromatic N) is 3. The van der Waals surface area contributed by atoms with Crippen molar-refractivity contribution in [2.45, 2.75) is 25.7 Å². The molecule has 0 spiro atoms. The van der Waals surface area contributed by atoms with E-state index in [1.165, 1.54) is 0 Å². The molecule has 21 heavy (non-hydrogen) atoms. The Morgan fingerprint density at radius 3 is 2.00 bits per heavy atom. The van der Waals surface area contributed by atoms with Gasteiger partial charge in [0.1, 0.15) is 0 Å². The Hall–Kier alpha value is -0.650. The molecule has 1 N–H and O–H groups in total. The summed E-state index contributed by atoms with van der Waals surface area (Å²) in [5.74, 6) is 0.553. The van der Waals surface area contributed by atoms with Gasteiger partial charge in [0.15, 0.2) is 0 Å². The molecule has 0 bridgehead atoms. The maximum atomic E-state index is 12.7. The van der Waals surface area contributed by atoms with Gasteiger partial charge in [0.25, 0.3) is 0 Å². The van der Waals surface area contributed by atoms with Crippen molar-refractivity contribution in [3.63, 3.8) is 0 Å². The monoisotopic (exact) mass is 298 g/mol. The first-order chi connectivity index (χ1) is 10.0. The summed E-state index contributed by atoms with van der Waals surface area (Å²) in [5, 5.41) is 3.36. The second-order valence-corrected chi connectivity index (χ2v) is 6.68. The summed E-state index contributed by atoms with van der Waals surface area (Å²) in [4.78, 5) is 19.2. The van der Waals surface area contributed by atoms with E-state index in [1.807, 2.05) is 0 Å². The first kappa shape index (κ1) is 18.4. The van der Waals surface area contributed by atoms with Gasteiger partial charge in [0.2, 0.25) is 5.91 Å². The number of hydrogen-bond donors (Lipinski definition) is 1. The summed E-state index contributed by atoms with van der Waals surface area (Å²) in [7, 11) is 8.35. The standard InChI is InChI=1S/C16H34N4O/c1-18(2)10-6-12-20(13-7-11-19(3)4)16(21)15-8-5-9-17-14-15/h15,17H,5-14H2,1-4H3. The van der Waals surface area contributed by atoms with Gasteiger partial charge < -0.3 is 20.0 Å². The average Bonchev–Trinajstić information content (AvgIpc) is 2.45. The van der Waals surface area contributed by atoms with E-state index in [2.05, 4.69) is 48.2 Å². The van der Waals surface area contributed by atoms with Crippen LogP contribution in [0.25, 0.3) is 0 Å². The molecule has 0 aromatic heterocycles. The Morgan fingerprint density at radius 1 is 1.00 bits per heavy atom. The fraction of sp³-hybridized carbons (Fsp3) is 0.938. The van der Waals surface area contributed by atoms with E-state index >= 15 is 0 Å². The zero-order valence-electron chi connectivity index (χ0n) is 14.4. The molecule has 0 aromatic carbocycles. The summed E-state index contributed by atoms with van der Waals surface area (Å²) in [6.45, 7) is 5.78. The van der Waals surface area contributed by atoms with Crippen LogP contribution in [0, 0.1) is 5.92 Å². The summed E-state index contributed by atoms with van der Waals surface area (Å²) in [6.07, 6.45) is 4.28. The Kier molecular flexibility index (Phi) is 8.88. The Morgan fingerprint density at radius 2 is 1.57 bits per heavy atom. The minimum Gasteiger partial charge on any atom is -0.342 e. The topological polar surface area (TPSA) is 38.8 Å². The van der Waals surface area contributed by atoms with Crippen molar-refractivity contribution in [3.05, 3.63) is 0 Å². The molecule has 1 atom stereocenters. The first-order valence-corrected chi connectivity index (χ1v) is 8.29. The fourth-order valence-corrected chi connectivity index (χ4v) is 2.81. The van der Waals surface area contributed by atoms with Crippen molar-refractivity contribution in [2.75, 3.05) is 67.5 Å². The van der Waals surface area contributed by atoms with Gasteiger partial charge in [0.05, 0.1) is 5.92 Å². The molecule has 1 amide bonds. The van der Waals surface area contributed by atoms with Crippen molar-refractivity contribution in [1.29, 1.82) is 0 Å². The van der Waals surface area contributed by atoms with Crippen LogP contribution in [0.1, 0.15) is 25.7 Å². The number of carbonyl (C=O) groups excluding carboxylic acids is 1. The zero-order chi connectivity index (χ0) is 15.7. The van der Waals surface area contributed by atoms with Crippen molar-refractivity contribution >= 4 is 5.91 Å². The lowest BCUT2D eigenvalue weighted by atomic mass is 9.98. The molecule has 5 nitrogen and oxygen atoms in total. The quantitative estimate of drug-likeness (QED) is 0.681. The lowest BCUT2D eigenvalue weighted by Crippen LogP contribution is -2.44. The molecule has 1 unspecified atom stereocenters. The van der Waals surface area contributed by atoms with Crippen LogP contribution in [0.2, 0.25) is 0 Å². The van der Waals surface area contributed by atoms with Gasteiger partial charge in [0, 0.05) is 19.6 Å². The van der Waals surface area contributed by atoms with Crippen LogP contribution < -0.4 is 5.32 Å². The van der Waals surface area contributed by atoms with Gasteiger partial charge >= 0.3 is 0 Å². The van der Waals surface area contributed by atoms with Gasteiger partial charge in [-0.2, -0.15) is 0 Å². The van der Waals surface area contributed by atoms with E-state index < -0.39 is 0 Å². The Labute approximate surface area is 130 Å². The number of amides is 1. The molecule has 0 aliphatic carbocycles. The number of piperidine rings is 1. The van der Waals surface area contributed by atoms with Gasteiger partial charge in [-0.1, -0.05) is 0 Å². The van der Waals surface area contributed by atoms with E-state index in [1.54, 1.807) is 0 Å². The largest absolute Gasteiger partial charge is 0.342 e. The molecule has 1 aliphatic heterocycles. The van der Waals surface area contributed by atoms with Crippen LogP contribution in [0.5, 0.6) is 0 Å². The van der Waals surface area contributed by atoms with Gasteiger partial charge in [-0.05, 0) is 73.5 Å². The molecule has 1 fully saturated rings. The van der Waals surface area contributed by atoms with E-state index in [9.17, 15) is 4.79 Å². The maximum Gasteiger partial charge on any atom is 0.226 e. The molecule has 0 saturated carbocycles. The summed E-state index contributed by atoms with van der Waals surface area (Å²) >= 11 is 0. The third-order valence-corrected chi connectivity index (χ3v) is 4.02. The number of carbonyl (C=O) groups is 1. The number of nitrogens with one attached hydrogen (secondary N) is 1. The van der Waals surface area contributed by atoms with E-state index in [0.717, 1.165) is 65.0 Å². The molecule has 5 heteroatoms. The third-order valence-electron chi connectivity index (χ3n) is 4.02. The molecular formula is C16H34N4O. The van der Waals surface area contributed by atoms with Gasteiger partial charge in [-0.15, -0.1) is 0 Å². The van der Waals surface area contributed by atoms with Crippen LogP contribution in [0.15, 0.2) is 0 Å². The van der Waals surface area contributed by atoms with Crippen molar-refractivity contribution in [1.82, 2.24) is 20.0 Å². The van der Waals surface area contributed by atoms with Crippen molar-refractivity contribution < 1.29 is 4.79 Å². The summed E-state index contributed by atoms with van der Waals surface area (Å²) < 4.78 is 0. The molecule has 1 saturated heterocycles. The molecule has 1 rings (SSSR count). The summed E-state index contributed by atoms with van der Waals surface area (Å²) in [5.41, 5.74) is 0. The Balaban J connectivity index is 2.45. The molecule has 124 valence electrons.